The van der Waals surface area contributed by atoms with E-state index in [0.29, 0.717) is 17.0 Å². The summed E-state index contributed by atoms with van der Waals surface area (Å²) in [6.07, 6.45) is 1.65. The lowest BCUT2D eigenvalue weighted by atomic mass is 10.3. The molecule has 26 heavy (non-hydrogen) atoms. The zero-order chi connectivity index (χ0) is 18.1. The molecule has 0 atom stereocenters. The maximum absolute atomic E-state index is 13.0. The van der Waals surface area contributed by atoms with E-state index in [9.17, 15) is 4.79 Å². The fraction of sp³-hybridized carbons (Fsp3) is 0.105. The van der Waals surface area contributed by atoms with Gasteiger partial charge in [-0.2, -0.15) is 0 Å². The quantitative estimate of drug-likeness (QED) is 0.543. The van der Waals surface area contributed by atoms with Crippen LogP contribution in [0.3, 0.4) is 0 Å². The second-order valence-electron chi connectivity index (χ2n) is 6.01. The average Bonchev–Trinajstić information content (AvgIpc) is 3.24. The van der Waals surface area contributed by atoms with Gasteiger partial charge in [-0.1, -0.05) is 30.3 Å². The topological polar surface area (TPSA) is 69.7 Å². The highest BCUT2D eigenvalue weighted by molar-refractivity contribution is 7.71. The number of amides is 1. The number of aromatic amines is 2. The van der Waals surface area contributed by atoms with Gasteiger partial charge >= 0.3 is 0 Å². The second kappa shape index (κ2) is 6.61. The third kappa shape index (κ3) is 2.93. The Labute approximate surface area is 155 Å². The molecule has 4 aromatic rings. The number of hydrogen-bond acceptors (Lipinski definition) is 3. The van der Waals surface area contributed by atoms with Crippen LogP contribution in [0.4, 0.5) is 0 Å². The minimum Gasteiger partial charge on any atom is -0.340 e. The summed E-state index contributed by atoms with van der Waals surface area (Å²) in [5.74, 6) is 0.601. The predicted octanol–water partition coefficient (Wildman–Crippen LogP) is 3.68. The lowest BCUT2D eigenvalue weighted by Gasteiger charge is -2.17. The minimum atomic E-state index is -0.137. The first-order valence-electron chi connectivity index (χ1n) is 8.18. The molecule has 2 heterocycles. The summed E-state index contributed by atoms with van der Waals surface area (Å²) in [6.45, 7) is 0.375. The van der Waals surface area contributed by atoms with Crippen molar-refractivity contribution in [2.45, 2.75) is 6.54 Å². The van der Waals surface area contributed by atoms with E-state index in [4.69, 9.17) is 12.2 Å². The van der Waals surface area contributed by atoms with Crippen molar-refractivity contribution in [3.8, 4) is 5.69 Å². The number of H-pyrrole nitrogens is 2. The second-order valence-corrected chi connectivity index (χ2v) is 6.40. The van der Waals surface area contributed by atoms with Gasteiger partial charge in [0, 0.05) is 18.9 Å². The molecule has 6 nitrogen and oxygen atoms in total. The summed E-state index contributed by atoms with van der Waals surface area (Å²) in [6, 6.07) is 17.4. The molecule has 130 valence electrons. The Hall–Kier alpha value is -3.19. The first kappa shape index (κ1) is 16.3. The number of carbonyl (C=O) groups is 1. The molecule has 2 aromatic carbocycles. The van der Waals surface area contributed by atoms with E-state index in [1.54, 1.807) is 22.7 Å². The molecule has 0 saturated carbocycles. The molecule has 0 aliphatic heterocycles. The normalized spacial score (nSPS) is 11.0. The molecule has 1 amide bonds. The number of aromatic nitrogens is 4. The number of carbonyl (C=O) groups excluding carboxylic acids is 1. The van der Waals surface area contributed by atoms with Gasteiger partial charge in [0.05, 0.1) is 17.6 Å². The van der Waals surface area contributed by atoms with E-state index in [-0.39, 0.29) is 5.91 Å². The van der Waals surface area contributed by atoms with E-state index in [2.05, 4.69) is 15.0 Å². The number of nitrogens with zero attached hydrogens (tertiary/aromatic N) is 3. The molecule has 0 unspecified atom stereocenters. The third-order valence-electron chi connectivity index (χ3n) is 4.18. The molecule has 2 N–H and O–H groups in total. The van der Waals surface area contributed by atoms with Gasteiger partial charge < -0.3 is 14.9 Å². The highest BCUT2D eigenvalue weighted by Gasteiger charge is 2.19. The number of nitrogens with one attached hydrogen (secondary N) is 2. The lowest BCUT2D eigenvalue weighted by molar-refractivity contribution is 0.0774. The third-order valence-corrected chi connectivity index (χ3v) is 4.48. The van der Waals surface area contributed by atoms with Gasteiger partial charge in [-0.05, 0) is 36.5 Å². The number of imidazole rings is 2. The van der Waals surface area contributed by atoms with Crippen LogP contribution in [0.2, 0.25) is 0 Å². The predicted molar refractivity (Wildman–Crippen MR) is 103 cm³/mol. The molecule has 0 spiro atoms. The van der Waals surface area contributed by atoms with Gasteiger partial charge in [0.15, 0.2) is 4.77 Å². The molecule has 4 rings (SSSR count). The SMILES string of the molecule is CN(Cc1nc2ccccc2[nH]1)C(=O)c1c[nH]c(=S)n1-c1ccccc1. The maximum atomic E-state index is 13.0. The van der Waals surface area contributed by atoms with E-state index >= 15 is 0 Å². The van der Waals surface area contributed by atoms with Gasteiger partial charge in [0.25, 0.3) is 5.91 Å². The van der Waals surface area contributed by atoms with Crippen LogP contribution in [-0.2, 0) is 6.54 Å². The van der Waals surface area contributed by atoms with Crippen LogP contribution < -0.4 is 0 Å². The van der Waals surface area contributed by atoms with E-state index in [0.717, 1.165) is 22.5 Å². The van der Waals surface area contributed by atoms with E-state index in [1.807, 2.05) is 54.6 Å². The summed E-state index contributed by atoms with van der Waals surface area (Å²) < 4.78 is 2.23. The standard InChI is InChI=1S/C19H17N5OS/c1-23(12-17-21-14-9-5-6-10-15(14)22-17)18(25)16-11-20-19(26)24(16)13-7-3-2-4-8-13/h2-11H,12H2,1H3,(H,20,26)(H,21,22). The van der Waals surface area contributed by atoms with Crippen molar-refractivity contribution >= 4 is 29.2 Å². The molecule has 7 heteroatoms. The zero-order valence-corrected chi connectivity index (χ0v) is 15.0. The molecule has 2 aromatic heterocycles. The van der Waals surface area contributed by atoms with Crippen molar-refractivity contribution in [2.75, 3.05) is 7.05 Å². The number of rotatable bonds is 4. The average molecular weight is 363 g/mol. The van der Waals surface area contributed by atoms with Gasteiger partial charge in [-0.15, -0.1) is 0 Å². The Morgan fingerprint density at radius 2 is 1.88 bits per heavy atom. The summed E-state index contributed by atoms with van der Waals surface area (Å²) in [5.41, 5.74) is 3.17. The van der Waals surface area contributed by atoms with Crippen LogP contribution in [0, 0.1) is 4.77 Å². The summed E-state index contributed by atoms with van der Waals surface area (Å²) in [4.78, 5) is 25.3. The van der Waals surface area contributed by atoms with E-state index in [1.165, 1.54) is 0 Å². The molecule has 0 saturated heterocycles. The Balaban J connectivity index is 1.62. The van der Waals surface area contributed by atoms with E-state index < -0.39 is 0 Å². The molecule has 0 aliphatic carbocycles. The molecule has 0 aliphatic rings. The van der Waals surface area contributed by atoms with Crippen molar-refractivity contribution < 1.29 is 4.79 Å². The molecule has 0 bridgehead atoms. The zero-order valence-electron chi connectivity index (χ0n) is 14.1. The molecular formula is C19H17N5OS. The molecular weight excluding hydrogens is 346 g/mol. The Bertz CT molecular complexity index is 1090. The fourth-order valence-corrected chi connectivity index (χ4v) is 3.19. The highest BCUT2D eigenvalue weighted by atomic mass is 32.1. The number of benzene rings is 2. The summed E-state index contributed by atoms with van der Waals surface area (Å²) >= 11 is 5.35. The van der Waals surface area contributed by atoms with Crippen LogP contribution >= 0.6 is 12.2 Å². The summed E-state index contributed by atoms with van der Waals surface area (Å²) in [7, 11) is 1.75. The first-order chi connectivity index (χ1) is 12.6. The number of hydrogen-bond donors (Lipinski definition) is 2. The van der Waals surface area contributed by atoms with Crippen molar-refractivity contribution in [3.05, 3.63) is 77.1 Å². The molecule has 0 radical (unpaired) electrons. The maximum Gasteiger partial charge on any atom is 0.272 e. The Kier molecular flexibility index (Phi) is 4.14. The van der Waals surface area contributed by atoms with Crippen LogP contribution in [0.15, 0.2) is 60.8 Å². The van der Waals surface area contributed by atoms with Gasteiger partial charge in [0.2, 0.25) is 0 Å². The van der Waals surface area contributed by atoms with Crippen LogP contribution in [0.1, 0.15) is 16.3 Å². The van der Waals surface area contributed by atoms with Crippen LogP contribution in [-0.4, -0.2) is 37.4 Å². The highest BCUT2D eigenvalue weighted by Crippen LogP contribution is 2.16. The number of para-hydroxylation sites is 3. The first-order valence-corrected chi connectivity index (χ1v) is 8.59. The summed E-state index contributed by atoms with van der Waals surface area (Å²) in [5, 5.41) is 0. The van der Waals surface area contributed by atoms with Crippen molar-refractivity contribution in [3.63, 3.8) is 0 Å². The smallest absolute Gasteiger partial charge is 0.272 e. The monoisotopic (exact) mass is 363 g/mol. The minimum absolute atomic E-state index is 0.137. The fourth-order valence-electron chi connectivity index (χ4n) is 2.93. The van der Waals surface area contributed by atoms with Gasteiger partial charge in [-0.3, -0.25) is 9.36 Å². The lowest BCUT2D eigenvalue weighted by Crippen LogP contribution is -2.28. The Morgan fingerprint density at radius 1 is 1.15 bits per heavy atom. The van der Waals surface area contributed by atoms with Crippen molar-refractivity contribution in [1.29, 1.82) is 0 Å². The van der Waals surface area contributed by atoms with Crippen LogP contribution in [0.25, 0.3) is 16.7 Å². The van der Waals surface area contributed by atoms with Crippen molar-refractivity contribution in [1.82, 2.24) is 24.4 Å². The Morgan fingerprint density at radius 3 is 2.65 bits per heavy atom. The van der Waals surface area contributed by atoms with Gasteiger partial charge in [0.1, 0.15) is 11.5 Å². The largest absolute Gasteiger partial charge is 0.340 e. The number of fused-ring (bicyclic) bond motifs is 1. The van der Waals surface area contributed by atoms with Gasteiger partial charge in [-0.25, -0.2) is 4.98 Å². The van der Waals surface area contributed by atoms with Crippen molar-refractivity contribution in [2.24, 2.45) is 0 Å². The molecule has 0 fully saturated rings. The van der Waals surface area contributed by atoms with Crippen LogP contribution in [0.5, 0.6) is 0 Å².